The molecule has 30 heavy (non-hydrogen) atoms. The van der Waals surface area contributed by atoms with Gasteiger partial charge >= 0.3 is 0 Å². The smallest absolute Gasteiger partial charge is 0.127 e. The van der Waals surface area contributed by atoms with Crippen LogP contribution >= 0.6 is 0 Å². The first-order valence-electron chi connectivity index (χ1n) is 10.6. The SMILES string of the molecule is CCCOc1ccc2[nH]cc(CCNCc3cccc(Oc4ccccc4)c3)c2c1. The summed E-state index contributed by atoms with van der Waals surface area (Å²) in [5.74, 6) is 2.65. The number of aromatic nitrogens is 1. The molecule has 0 aliphatic heterocycles. The number of nitrogens with one attached hydrogen (secondary N) is 2. The third-order valence-corrected chi connectivity index (χ3v) is 4.99. The van der Waals surface area contributed by atoms with E-state index in [0.29, 0.717) is 0 Å². The number of para-hydroxylation sites is 1. The normalized spacial score (nSPS) is 11.0. The van der Waals surface area contributed by atoms with Crippen molar-refractivity contribution in [3.63, 3.8) is 0 Å². The Hall–Kier alpha value is -3.24. The van der Waals surface area contributed by atoms with Gasteiger partial charge in [0.05, 0.1) is 6.61 Å². The van der Waals surface area contributed by atoms with Gasteiger partial charge in [-0.1, -0.05) is 37.3 Å². The molecule has 4 aromatic rings. The molecule has 0 spiro atoms. The standard InChI is InChI=1S/C26H28N2O2/c1-2-15-29-23-11-12-26-25(17-23)21(19-28-26)13-14-27-18-20-7-6-10-24(16-20)30-22-8-4-3-5-9-22/h3-12,16-17,19,27-28H,2,13-15,18H2,1H3. The van der Waals surface area contributed by atoms with Crippen molar-refractivity contribution in [2.24, 2.45) is 0 Å². The van der Waals surface area contributed by atoms with E-state index in [1.54, 1.807) is 0 Å². The zero-order chi connectivity index (χ0) is 20.6. The van der Waals surface area contributed by atoms with E-state index in [0.717, 1.165) is 55.3 Å². The number of hydrogen-bond acceptors (Lipinski definition) is 3. The van der Waals surface area contributed by atoms with Crippen molar-refractivity contribution in [2.75, 3.05) is 13.2 Å². The number of hydrogen-bond donors (Lipinski definition) is 2. The Bertz CT molecular complexity index is 1070. The van der Waals surface area contributed by atoms with Gasteiger partial charge in [0, 0.05) is 23.6 Å². The van der Waals surface area contributed by atoms with E-state index >= 15 is 0 Å². The van der Waals surface area contributed by atoms with E-state index in [4.69, 9.17) is 9.47 Å². The molecule has 0 fully saturated rings. The Labute approximate surface area is 177 Å². The molecular weight excluding hydrogens is 372 g/mol. The van der Waals surface area contributed by atoms with Crippen LogP contribution in [0.1, 0.15) is 24.5 Å². The molecule has 0 radical (unpaired) electrons. The highest BCUT2D eigenvalue weighted by molar-refractivity contribution is 5.84. The van der Waals surface area contributed by atoms with E-state index < -0.39 is 0 Å². The van der Waals surface area contributed by atoms with Gasteiger partial charge in [-0.2, -0.15) is 0 Å². The van der Waals surface area contributed by atoms with Gasteiger partial charge in [-0.05, 0) is 73.0 Å². The van der Waals surface area contributed by atoms with Crippen LogP contribution in [0, 0.1) is 0 Å². The largest absolute Gasteiger partial charge is 0.494 e. The van der Waals surface area contributed by atoms with Gasteiger partial charge in [0.25, 0.3) is 0 Å². The van der Waals surface area contributed by atoms with Crippen molar-refractivity contribution in [3.8, 4) is 17.2 Å². The van der Waals surface area contributed by atoms with Crippen LogP contribution in [0.25, 0.3) is 10.9 Å². The molecule has 1 heterocycles. The van der Waals surface area contributed by atoms with Crippen LogP contribution in [0.15, 0.2) is 79.0 Å². The Morgan fingerprint density at radius 1 is 0.867 bits per heavy atom. The third-order valence-electron chi connectivity index (χ3n) is 4.99. The fourth-order valence-corrected chi connectivity index (χ4v) is 3.47. The molecule has 154 valence electrons. The van der Waals surface area contributed by atoms with E-state index in [-0.39, 0.29) is 0 Å². The fourth-order valence-electron chi connectivity index (χ4n) is 3.47. The maximum Gasteiger partial charge on any atom is 0.127 e. The number of H-pyrrole nitrogens is 1. The quantitative estimate of drug-likeness (QED) is 0.317. The lowest BCUT2D eigenvalue weighted by atomic mass is 10.1. The van der Waals surface area contributed by atoms with Crippen molar-refractivity contribution in [1.29, 1.82) is 0 Å². The minimum atomic E-state index is 0.750. The summed E-state index contributed by atoms with van der Waals surface area (Å²) in [4.78, 5) is 3.36. The number of benzene rings is 3. The topological polar surface area (TPSA) is 46.3 Å². The summed E-state index contributed by atoms with van der Waals surface area (Å²) in [6, 6.07) is 24.4. The average Bonchev–Trinajstić information content (AvgIpc) is 3.18. The van der Waals surface area contributed by atoms with Crippen molar-refractivity contribution in [1.82, 2.24) is 10.3 Å². The highest BCUT2D eigenvalue weighted by Crippen LogP contribution is 2.24. The minimum Gasteiger partial charge on any atom is -0.494 e. The molecule has 0 saturated heterocycles. The lowest BCUT2D eigenvalue weighted by Crippen LogP contribution is -2.16. The molecule has 0 unspecified atom stereocenters. The summed E-state index contributed by atoms with van der Waals surface area (Å²) >= 11 is 0. The summed E-state index contributed by atoms with van der Waals surface area (Å²) in [6.45, 7) is 4.57. The first kappa shape index (κ1) is 20.0. The van der Waals surface area contributed by atoms with Crippen molar-refractivity contribution in [3.05, 3.63) is 90.1 Å². The van der Waals surface area contributed by atoms with E-state index in [2.05, 4.69) is 47.7 Å². The summed E-state index contributed by atoms with van der Waals surface area (Å²) in [5.41, 5.74) is 3.66. The molecule has 4 nitrogen and oxygen atoms in total. The van der Waals surface area contributed by atoms with Gasteiger partial charge < -0.3 is 19.8 Å². The maximum absolute atomic E-state index is 5.93. The highest BCUT2D eigenvalue weighted by Gasteiger charge is 2.06. The Morgan fingerprint density at radius 2 is 1.73 bits per heavy atom. The summed E-state index contributed by atoms with van der Waals surface area (Å²) < 4.78 is 11.7. The lowest BCUT2D eigenvalue weighted by Gasteiger charge is -2.09. The van der Waals surface area contributed by atoms with Crippen molar-refractivity contribution in [2.45, 2.75) is 26.3 Å². The van der Waals surface area contributed by atoms with Crippen LogP contribution in [-0.2, 0) is 13.0 Å². The molecule has 3 aromatic carbocycles. The summed E-state index contributed by atoms with van der Waals surface area (Å²) in [7, 11) is 0. The fraction of sp³-hybridized carbons (Fsp3) is 0.231. The Balaban J connectivity index is 1.31. The second kappa shape index (κ2) is 9.99. The zero-order valence-electron chi connectivity index (χ0n) is 17.4. The van der Waals surface area contributed by atoms with Gasteiger partial charge in [0.2, 0.25) is 0 Å². The van der Waals surface area contributed by atoms with Gasteiger partial charge in [0.1, 0.15) is 17.2 Å². The highest BCUT2D eigenvalue weighted by atomic mass is 16.5. The number of ether oxygens (including phenoxy) is 2. The van der Waals surface area contributed by atoms with Gasteiger partial charge in [-0.25, -0.2) is 0 Å². The van der Waals surface area contributed by atoms with E-state index in [9.17, 15) is 0 Å². The van der Waals surface area contributed by atoms with Crippen molar-refractivity contribution >= 4 is 10.9 Å². The predicted octanol–water partition coefficient (Wildman–Crippen LogP) is 6.08. The van der Waals surface area contributed by atoms with Crippen LogP contribution < -0.4 is 14.8 Å². The van der Waals surface area contributed by atoms with Crippen LogP contribution in [0.3, 0.4) is 0 Å². The van der Waals surface area contributed by atoms with Gasteiger partial charge in [-0.3, -0.25) is 0 Å². The molecule has 0 aliphatic rings. The monoisotopic (exact) mass is 400 g/mol. The molecule has 0 amide bonds. The lowest BCUT2D eigenvalue weighted by molar-refractivity contribution is 0.318. The molecular formula is C26H28N2O2. The maximum atomic E-state index is 5.93. The predicted molar refractivity (Wildman–Crippen MR) is 122 cm³/mol. The number of rotatable bonds is 10. The van der Waals surface area contributed by atoms with Crippen LogP contribution in [0.4, 0.5) is 0 Å². The molecule has 4 heteroatoms. The second-order valence-corrected chi connectivity index (χ2v) is 7.36. The van der Waals surface area contributed by atoms with Crippen LogP contribution in [0.5, 0.6) is 17.2 Å². The molecule has 0 bridgehead atoms. The summed E-state index contributed by atoms with van der Waals surface area (Å²) in [6.07, 6.45) is 4.07. The first-order chi connectivity index (χ1) is 14.8. The first-order valence-corrected chi connectivity index (χ1v) is 10.6. The van der Waals surface area contributed by atoms with Crippen molar-refractivity contribution < 1.29 is 9.47 Å². The number of aromatic amines is 1. The second-order valence-electron chi connectivity index (χ2n) is 7.36. The van der Waals surface area contributed by atoms with E-state index in [1.165, 1.54) is 16.5 Å². The Morgan fingerprint density at radius 3 is 2.60 bits per heavy atom. The van der Waals surface area contributed by atoms with E-state index in [1.807, 2.05) is 48.5 Å². The van der Waals surface area contributed by atoms with Gasteiger partial charge in [0.15, 0.2) is 0 Å². The zero-order valence-corrected chi connectivity index (χ0v) is 17.4. The average molecular weight is 401 g/mol. The van der Waals surface area contributed by atoms with Crippen LogP contribution in [0.2, 0.25) is 0 Å². The molecule has 0 aliphatic carbocycles. The molecule has 0 atom stereocenters. The third kappa shape index (κ3) is 5.22. The Kier molecular flexibility index (Phi) is 6.68. The minimum absolute atomic E-state index is 0.750. The van der Waals surface area contributed by atoms with Crippen LogP contribution in [-0.4, -0.2) is 18.1 Å². The molecule has 1 aromatic heterocycles. The number of fused-ring (bicyclic) bond motifs is 1. The molecule has 4 rings (SSSR count). The van der Waals surface area contributed by atoms with Gasteiger partial charge in [-0.15, -0.1) is 0 Å². The summed E-state index contributed by atoms with van der Waals surface area (Å²) in [5, 5.41) is 4.78. The molecule has 2 N–H and O–H groups in total. The molecule has 0 saturated carbocycles.